The van der Waals surface area contributed by atoms with Gasteiger partial charge in [0.1, 0.15) is 6.61 Å². The Hall–Kier alpha value is -1.75. The van der Waals surface area contributed by atoms with E-state index in [0.717, 1.165) is 0 Å². The maximum Gasteiger partial charge on any atom is 0.333 e. The van der Waals surface area contributed by atoms with Gasteiger partial charge in [-0.2, -0.15) is 0 Å². The zero-order chi connectivity index (χ0) is 56.8. The molecule has 0 atom stereocenters. The highest BCUT2D eigenvalue weighted by molar-refractivity contribution is 5.87. The first-order valence-electron chi connectivity index (χ1n) is 27.9. The van der Waals surface area contributed by atoms with Gasteiger partial charge in [-0.05, 0) is 13.8 Å². The highest BCUT2D eigenvalue weighted by Gasteiger charge is 2.04. The Morgan fingerprint density at radius 2 is 0.342 bits per heavy atom. The summed E-state index contributed by atoms with van der Waals surface area (Å²) in [5.74, 6) is -0.329. The molecule has 0 rings (SSSR count). The van der Waals surface area contributed by atoms with Gasteiger partial charge in [-0.15, -0.1) is 0 Å². The van der Waals surface area contributed by atoms with E-state index in [4.69, 9.17) is 119 Å². The third kappa shape index (κ3) is 70.4. The van der Waals surface area contributed by atoms with Crippen LogP contribution in [0.15, 0.2) is 11.6 Å². The van der Waals surface area contributed by atoms with E-state index in [-0.39, 0.29) is 19.2 Å². The molecule has 26 heteroatoms. The number of carbonyl (C=O) groups is 1. The van der Waals surface area contributed by atoms with Crippen LogP contribution in [0.4, 0.5) is 0 Å². The minimum Gasteiger partial charge on any atom is -0.460 e. The third-order valence-corrected chi connectivity index (χ3v) is 9.64. The van der Waals surface area contributed by atoms with Crippen molar-refractivity contribution in [2.24, 2.45) is 0 Å². The summed E-state index contributed by atoms with van der Waals surface area (Å²) in [5.41, 5.74) is 0.577. The van der Waals surface area contributed by atoms with E-state index in [9.17, 15) is 4.79 Å². The number of aliphatic hydroxyl groups is 1. The molecule has 1 N–H and O–H groups in total. The molecule has 0 unspecified atom stereocenters. The lowest BCUT2D eigenvalue weighted by Gasteiger charge is -2.09. The molecule has 0 saturated heterocycles. The van der Waals surface area contributed by atoms with Gasteiger partial charge in [0.2, 0.25) is 0 Å². The van der Waals surface area contributed by atoms with Crippen LogP contribution >= 0.6 is 0 Å². The van der Waals surface area contributed by atoms with E-state index in [2.05, 4.69) is 0 Å². The Kier molecular flexibility index (Phi) is 70.8. The van der Waals surface area contributed by atoms with Crippen LogP contribution in [-0.2, 0) is 118 Å². The van der Waals surface area contributed by atoms with E-state index in [0.29, 0.717) is 309 Å². The number of rotatable bonds is 72. The van der Waals surface area contributed by atoms with Crippen LogP contribution in [0.5, 0.6) is 0 Å². The van der Waals surface area contributed by atoms with Crippen molar-refractivity contribution in [1.29, 1.82) is 0 Å². The van der Waals surface area contributed by atoms with Crippen molar-refractivity contribution in [3.63, 3.8) is 0 Å². The minimum atomic E-state index is -0.329. The molecule has 0 aliphatic heterocycles. The summed E-state index contributed by atoms with van der Waals surface area (Å²) in [6.07, 6.45) is 1.71. The third-order valence-electron chi connectivity index (χ3n) is 9.64. The number of esters is 1. The number of ether oxygens (including phenoxy) is 24. The van der Waals surface area contributed by atoms with Crippen LogP contribution in [0.3, 0.4) is 0 Å². The van der Waals surface area contributed by atoms with Gasteiger partial charge in [-0.3, -0.25) is 0 Å². The van der Waals surface area contributed by atoms with Gasteiger partial charge in [0.25, 0.3) is 0 Å². The van der Waals surface area contributed by atoms with Crippen molar-refractivity contribution in [3.05, 3.63) is 11.6 Å². The molecule has 0 heterocycles. The average Bonchev–Trinajstić information content (AvgIpc) is 3.46. The van der Waals surface area contributed by atoms with E-state index in [1.165, 1.54) is 0 Å². The smallest absolute Gasteiger partial charge is 0.333 e. The maximum atomic E-state index is 11.5. The van der Waals surface area contributed by atoms with Crippen LogP contribution in [0, 0.1) is 0 Å². The SMILES string of the molecule is CC=C(C)C(=O)OCCOCCOCCOCCOCCOCCOCCOCCOCCOCCOCCOCCOCCOCCOCCOCCOCCOCCOCCOCCOCCOCCOCCOCCO. The molecule has 0 bridgehead atoms. The summed E-state index contributed by atoms with van der Waals surface area (Å²) < 4.78 is 131. The van der Waals surface area contributed by atoms with Crippen molar-refractivity contribution in [1.82, 2.24) is 0 Å². The van der Waals surface area contributed by atoms with E-state index in [1.54, 1.807) is 19.9 Å². The second-order valence-electron chi connectivity index (χ2n) is 15.9. The summed E-state index contributed by atoms with van der Waals surface area (Å²) in [7, 11) is 0. The molecular formula is C53H104O26. The summed E-state index contributed by atoms with van der Waals surface area (Å²) >= 11 is 0. The van der Waals surface area contributed by atoms with Gasteiger partial charge in [0, 0.05) is 5.57 Å². The quantitative estimate of drug-likeness (QED) is 0.0503. The van der Waals surface area contributed by atoms with Crippen LogP contribution in [0.1, 0.15) is 13.8 Å². The van der Waals surface area contributed by atoms with Gasteiger partial charge in [0.05, 0.1) is 311 Å². The van der Waals surface area contributed by atoms with Gasteiger partial charge in [0.15, 0.2) is 0 Å². The molecule has 79 heavy (non-hydrogen) atoms. The molecule has 0 spiro atoms. The molecule has 0 aromatic carbocycles. The monoisotopic (exact) mass is 1160 g/mol. The predicted molar refractivity (Wildman–Crippen MR) is 286 cm³/mol. The largest absolute Gasteiger partial charge is 0.460 e. The molecule has 0 fully saturated rings. The lowest BCUT2D eigenvalue weighted by molar-refractivity contribution is -0.140. The van der Waals surface area contributed by atoms with Crippen LogP contribution in [0.2, 0.25) is 0 Å². The average molecular weight is 1160 g/mol. The van der Waals surface area contributed by atoms with Crippen LogP contribution in [-0.4, -0.2) is 328 Å². The number of hydrogen-bond acceptors (Lipinski definition) is 26. The number of allylic oxidation sites excluding steroid dienone is 1. The maximum absolute atomic E-state index is 11.5. The Labute approximate surface area is 471 Å². The number of hydrogen-bond donors (Lipinski definition) is 1. The highest BCUT2D eigenvalue weighted by Crippen LogP contribution is 1.96. The molecule has 472 valence electrons. The molecule has 26 nitrogen and oxygen atoms in total. The van der Waals surface area contributed by atoms with E-state index in [1.807, 2.05) is 0 Å². The lowest BCUT2D eigenvalue weighted by Crippen LogP contribution is -2.16. The van der Waals surface area contributed by atoms with Crippen molar-refractivity contribution in [2.75, 3.05) is 317 Å². The zero-order valence-corrected chi connectivity index (χ0v) is 48.2. The van der Waals surface area contributed by atoms with Crippen molar-refractivity contribution in [2.45, 2.75) is 13.8 Å². The summed E-state index contributed by atoms with van der Waals surface area (Å²) in [6, 6.07) is 0. The molecule has 0 aliphatic rings. The molecule has 0 aliphatic carbocycles. The standard InChI is InChI=1S/C53H104O26/c1-3-52(2)53(55)79-51-50-78-49-48-77-47-46-76-45-44-75-43-42-74-41-40-73-39-38-72-37-36-71-35-34-70-33-32-69-31-30-68-29-28-67-27-26-66-25-24-65-23-22-64-21-20-63-19-18-62-17-16-61-15-14-60-13-12-59-11-10-58-9-8-57-7-6-56-5-4-54/h3,54H,4-51H2,1-2H3. The normalized spacial score (nSPS) is 11.9. The predicted octanol–water partition coefficient (Wildman–Crippen LogP) is 0.870. The first-order chi connectivity index (χ1) is 39.2. The fourth-order valence-electron chi connectivity index (χ4n) is 5.43. The van der Waals surface area contributed by atoms with Crippen molar-refractivity contribution in [3.8, 4) is 0 Å². The van der Waals surface area contributed by atoms with E-state index < -0.39 is 0 Å². The molecule has 0 aromatic rings. The van der Waals surface area contributed by atoms with Crippen molar-refractivity contribution < 1.29 is 124 Å². The molecular weight excluding hydrogens is 1050 g/mol. The Bertz CT molecular complexity index is 1170. The first kappa shape index (κ1) is 77.2. The minimum absolute atomic E-state index is 0.0172. The number of carbonyl (C=O) groups excluding carboxylic acids is 1. The van der Waals surface area contributed by atoms with E-state index >= 15 is 0 Å². The molecule has 0 saturated carbocycles. The summed E-state index contributed by atoms with van der Waals surface area (Å²) in [5, 5.41) is 8.61. The fraction of sp³-hybridized carbons (Fsp3) is 0.943. The first-order valence-corrected chi connectivity index (χ1v) is 27.9. The molecule has 0 radical (unpaired) electrons. The Balaban J connectivity index is 3.09. The Morgan fingerprint density at radius 1 is 0.228 bits per heavy atom. The van der Waals surface area contributed by atoms with Gasteiger partial charge >= 0.3 is 5.97 Å². The fourth-order valence-corrected chi connectivity index (χ4v) is 5.43. The van der Waals surface area contributed by atoms with Gasteiger partial charge < -0.3 is 119 Å². The Morgan fingerprint density at radius 3 is 0.456 bits per heavy atom. The lowest BCUT2D eigenvalue weighted by atomic mass is 10.3. The summed E-state index contributed by atoms with van der Waals surface area (Å²) in [4.78, 5) is 11.5. The second-order valence-corrected chi connectivity index (χ2v) is 15.9. The zero-order valence-electron chi connectivity index (χ0n) is 48.2. The second kappa shape index (κ2) is 72.4. The summed E-state index contributed by atoms with van der Waals surface area (Å²) in [6.45, 7) is 25.5. The number of aliphatic hydroxyl groups excluding tert-OH is 1. The van der Waals surface area contributed by atoms with Gasteiger partial charge in [-0.25, -0.2) is 4.79 Å². The van der Waals surface area contributed by atoms with Crippen molar-refractivity contribution >= 4 is 5.97 Å². The van der Waals surface area contributed by atoms with Crippen LogP contribution in [0.25, 0.3) is 0 Å². The molecule has 0 aromatic heterocycles. The molecule has 0 amide bonds. The van der Waals surface area contributed by atoms with Crippen LogP contribution < -0.4 is 0 Å². The topological polar surface area (TPSA) is 259 Å². The highest BCUT2D eigenvalue weighted by atomic mass is 16.6. The van der Waals surface area contributed by atoms with Gasteiger partial charge in [-0.1, -0.05) is 6.08 Å².